The van der Waals surface area contributed by atoms with Gasteiger partial charge in [0.05, 0.1) is 24.4 Å². The van der Waals surface area contributed by atoms with Crippen molar-refractivity contribution in [3.8, 4) is 5.75 Å². The Balaban J connectivity index is 1.56. The van der Waals surface area contributed by atoms with Gasteiger partial charge in [0.2, 0.25) is 5.91 Å². The third-order valence-corrected chi connectivity index (χ3v) is 5.83. The van der Waals surface area contributed by atoms with Gasteiger partial charge >= 0.3 is 0 Å². The van der Waals surface area contributed by atoms with Crippen LogP contribution in [0.1, 0.15) is 41.7 Å². The molecule has 4 rings (SSSR count). The number of nitrogens with zero attached hydrogens (tertiary/aromatic N) is 3. The van der Waals surface area contributed by atoms with Gasteiger partial charge in [-0.05, 0) is 43.5 Å². The van der Waals surface area contributed by atoms with Gasteiger partial charge in [0.1, 0.15) is 11.6 Å². The highest BCUT2D eigenvalue weighted by Crippen LogP contribution is 2.39. The molecule has 0 unspecified atom stereocenters. The van der Waals surface area contributed by atoms with Crippen LogP contribution >= 0.6 is 11.6 Å². The first-order valence-electron chi connectivity index (χ1n) is 10.1. The quantitative estimate of drug-likeness (QED) is 0.715. The first-order chi connectivity index (χ1) is 14.5. The number of fused-ring (bicyclic) bond motifs is 1. The summed E-state index contributed by atoms with van der Waals surface area (Å²) in [6, 6.07) is 9.59. The monoisotopic (exact) mass is 428 g/mol. The molecule has 1 aliphatic heterocycles. The number of halogens is 1. The van der Waals surface area contributed by atoms with E-state index in [0.717, 1.165) is 36.5 Å². The molecular formula is C22H25ClN4O3. The van der Waals surface area contributed by atoms with Crippen LogP contribution < -0.4 is 19.9 Å². The van der Waals surface area contributed by atoms with Crippen LogP contribution in [0.5, 0.6) is 5.75 Å². The normalized spacial score (nSPS) is 16.6. The fourth-order valence-electron chi connectivity index (χ4n) is 3.75. The molecule has 7 nitrogen and oxygen atoms in total. The number of amides is 2. The maximum Gasteiger partial charge on any atom is 0.253 e. The highest BCUT2D eigenvalue weighted by Gasteiger charge is 2.36. The Hall–Kier alpha value is -2.80. The summed E-state index contributed by atoms with van der Waals surface area (Å²) in [6.45, 7) is 3.20. The minimum absolute atomic E-state index is 0.103. The number of pyridine rings is 1. The standard InChI is InChI=1S/C22H25ClN4O3/c1-14(15-3-7-18(30-2)8-4-15)25-22(29)16-11-19-21(24-13-16)26(17-5-6-17)9-10-27(19)20(28)12-23/h3-4,7-8,11,13-14,17H,5-6,9-10,12H2,1-2H3,(H,25,29)/t14-/m0/s1. The van der Waals surface area contributed by atoms with Gasteiger partial charge in [-0.3, -0.25) is 9.59 Å². The molecule has 1 aliphatic carbocycles. The van der Waals surface area contributed by atoms with Crippen molar-refractivity contribution >= 4 is 34.9 Å². The van der Waals surface area contributed by atoms with Gasteiger partial charge in [0, 0.05) is 25.3 Å². The van der Waals surface area contributed by atoms with Gasteiger partial charge < -0.3 is 19.9 Å². The fourth-order valence-corrected chi connectivity index (χ4v) is 3.90. The molecule has 8 heteroatoms. The van der Waals surface area contributed by atoms with Crippen LogP contribution in [-0.2, 0) is 4.79 Å². The summed E-state index contributed by atoms with van der Waals surface area (Å²) in [4.78, 5) is 33.7. The molecule has 1 fully saturated rings. The minimum Gasteiger partial charge on any atom is -0.497 e. The summed E-state index contributed by atoms with van der Waals surface area (Å²) in [6.07, 6.45) is 3.84. The number of carbonyl (C=O) groups excluding carboxylic acids is 2. The van der Waals surface area contributed by atoms with Gasteiger partial charge in [0.25, 0.3) is 5.91 Å². The third kappa shape index (κ3) is 4.07. The lowest BCUT2D eigenvalue weighted by Gasteiger charge is -2.36. The van der Waals surface area contributed by atoms with Gasteiger partial charge in [-0.1, -0.05) is 12.1 Å². The zero-order valence-corrected chi connectivity index (χ0v) is 17.9. The van der Waals surface area contributed by atoms with Crippen molar-refractivity contribution in [3.63, 3.8) is 0 Å². The van der Waals surface area contributed by atoms with Crippen LogP contribution in [0, 0.1) is 0 Å². The average molecular weight is 429 g/mol. The summed E-state index contributed by atoms with van der Waals surface area (Å²) in [7, 11) is 1.62. The second kappa shape index (κ2) is 8.52. The van der Waals surface area contributed by atoms with E-state index in [1.54, 1.807) is 24.3 Å². The lowest BCUT2D eigenvalue weighted by Crippen LogP contribution is -2.46. The van der Waals surface area contributed by atoms with E-state index in [1.807, 2.05) is 31.2 Å². The molecule has 1 N–H and O–H groups in total. The van der Waals surface area contributed by atoms with Crippen LogP contribution in [0.15, 0.2) is 36.5 Å². The van der Waals surface area contributed by atoms with E-state index in [9.17, 15) is 9.59 Å². The van der Waals surface area contributed by atoms with Gasteiger partial charge in [0.15, 0.2) is 5.82 Å². The van der Waals surface area contributed by atoms with E-state index < -0.39 is 0 Å². The zero-order chi connectivity index (χ0) is 21.3. The van der Waals surface area contributed by atoms with E-state index in [1.165, 1.54) is 0 Å². The zero-order valence-electron chi connectivity index (χ0n) is 17.1. The predicted molar refractivity (Wildman–Crippen MR) is 117 cm³/mol. The minimum atomic E-state index is -0.240. The van der Waals surface area contributed by atoms with Crippen molar-refractivity contribution in [1.82, 2.24) is 10.3 Å². The Labute approximate surface area is 181 Å². The number of anilines is 2. The number of ether oxygens (including phenoxy) is 1. The van der Waals surface area contributed by atoms with E-state index >= 15 is 0 Å². The highest BCUT2D eigenvalue weighted by molar-refractivity contribution is 6.29. The molecule has 0 saturated heterocycles. The summed E-state index contributed by atoms with van der Waals surface area (Å²) in [5.74, 6) is 0.991. The summed E-state index contributed by atoms with van der Waals surface area (Å²) in [5, 5.41) is 3.00. The van der Waals surface area contributed by atoms with Crippen molar-refractivity contribution < 1.29 is 14.3 Å². The molecule has 0 bridgehead atoms. The number of carbonyl (C=O) groups is 2. The molecule has 0 radical (unpaired) electrons. The Morgan fingerprint density at radius 1 is 1.27 bits per heavy atom. The van der Waals surface area contributed by atoms with Crippen LogP contribution in [0.25, 0.3) is 0 Å². The second-order valence-electron chi connectivity index (χ2n) is 7.64. The Bertz CT molecular complexity index is 946. The van der Waals surface area contributed by atoms with Gasteiger partial charge in [-0.2, -0.15) is 0 Å². The number of alkyl halides is 1. The summed E-state index contributed by atoms with van der Waals surface area (Å²) in [5.41, 5.74) is 2.04. The van der Waals surface area contributed by atoms with Crippen molar-refractivity contribution in [2.75, 3.05) is 35.9 Å². The van der Waals surface area contributed by atoms with Crippen molar-refractivity contribution in [3.05, 3.63) is 47.7 Å². The van der Waals surface area contributed by atoms with Crippen molar-refractivity contribution in [2.45, 2.75) is 31.8 Å². The molecule has 0 spiro atoms. The SMILES string of the molecule is COc1ccc([C@H](C)NC(=O)c2cnc3c(c2)N(C(=O)CCl)CCN3C2CC2)cc1. The molecule has 158 valence electrons. The lowest BCUT2D eigenvalue weighted by molar-refractivity contribution is -0.116. The predicted octanol–water partition coefficient (Wildman–Crippen LogP) is 3.14. The van der Waals surface area contributed by atoms with E-state index in [4.69, 9.17) is 16.3 Å². The smallest absolute Gasteiger partial charge is 0.253 e. The maximum atomic E-state index is 12.9. The molecule has 30 heavy (non-hydrogen) atoms. The Kier molecular flexibility index (Phi) is 5.81. The maximum absolute atomic E-state index is 12.9. The van der Waals surface area contributed by atoms with Gasteiger partial charge in [-0.25, -0.2) is 4.98 Å². The molecule has 2 aromatic rings. The van der Waals surface area contributed by atoms with E-state index in [2.05, 4.69) is 15.2 Å². The van der Waals surface area contributed by atoms with Crippen molar-refractivity contribution in [1.29, 1.82) is 0 Å². The first-order valence-corrected chi connectivity index (χ1v) is 10.6. The number of methoxy groups -OCH3 is 1. The highest BCUT2D eigenvalue weighted by atomic mass is 35.5. The summed E-state index contributed by atoms with van der Waals surface area (Å²) < 4.78 is 5.18. The van der Waals surface area contributed by atoms with E-state index in [0.29, 0.717) is 23.8 Å². The Morgan fingerprint density at radius 2 is 2.00 bits per heavy atom. The number of hydrogen-bond donors (Lipinski definition) is 1. The first kappa shape index (κ1) is 20.5. The second-order valence-corrected chi connectivity index (χ2v) is 7.91. The molecule has 2 amide bonds. The average Bonchev–Trinajstić information content (AvgIpc) is 3.62. The Morgan fingerprint density at radius 3 is 2.63 bits per heavy atom. The summed E-state index contributed by atoms with van der Waals surface area (Å²) >= 11 is 5.81. The molecule has 2 heterocycles. The number of rotatable bonds is 6. The van der Waals surface area contributed by atoms with E-state index in [-0.39, 0.29) is 23.7 Å². The molecule has 1 aromatic carbocycles. The van der Waals surface area contributed by atoms with Gasteiger partial charge in [-0.15, -0.1) is 11.6 Å². The molecule has 1 atom stereocenters. The van der Waals surface area contributed by atoms with Crippen LogP contribution in [0.4, 0.5) is 11.5 Å². The topological polar surface area (TPSA) is 74.8 Å². The lowest BCUT2D eigenvalue weighted by atomic mass is 10.1. The van der Waals surface area contributed by atoms with Crippen molar-refractivity contribution in [2.24, 2.45) is 0 Å². The fraction of sp³-hybridized carbons (Fsp3) is 0.409. The number of nitrogens with one attached hydrogen (secondary N) is 1. The molecule has 1 aromatic heterocycles. The number of benzene rings is 1. The number of hydrogen-bond acceptors (Lipinski definition) is 5. The van der Waals surface area contributed by atoms with Crippen LogP contribution in [-0.4, -0.2) is 48.9 Å². The molecule has 2 aliphatic rings. The van der Waals surface area contributed by atoms with Crippen LogP contribution in [0.3, 0.4) is 0 Å². The van der Waals surface area contributed by atoms with Crippen LogP contribution in [0.2, 0.25) is 0 Å². The molecule has 1 saturated carbocycles. The number of aromatic nitrogens is 1. The molecular weight excluding hydrogens is 404 g/mol. The third-order valence-electron chi connectivity index (χ3n) is 5.60. The largest absolute Gasteiger partial charge is 0.497 e.